The van der Waals surface area contributed by atoms with E-state index in [4.69, 9.17) is 9.47 Å². The molecule has 0 fully saturated rings. The van der Waals surface area contributed by atoms with E-state index >= 15 is 0 Å². The average molecular weight is 410 g/mol. The first-order valence-corrected chi connectivity index (χ1v) is 10.4. The third-order valence-electron chi connectivity index (χ3n) is 4.85. The van der Waals surface area contributed by atoms with E-state index in [1.807, 2.05) is 53.6 Å². The minimum atomic E-state index is -0.0394. The number of anilines is 2. The number of ether oxygens (including phenoxy) is 2. The van der Waals surface area contributed by atoms with Crippen molar-refractivity contribution in [2.45, 2.75) is 19.9 Å². The van der Waals surface area contributed by atoms with E-state index in [1.165, 1.54) is 16.9 Å². The molecule has 150 valence electrons. The van der Waals surface area contributed by atoms with Gasteiger partial charge >= 0.3 is 0 Å². The zero-order valence-corrected chi connectivity index (χ0v) is 17.3. The van der Waals surface area contributed by atoms with Crippen LogP contribution >= 0.6 is 11.3 Å². The number of carbonyl (C=O) groups excluding carboxylic acids is 1. The standard InChI is InChI=1S/C22H23N3O3S/c1-3-28-18-8-5-17(6-9-18)23-22-24-20(14-29-22)21(26)25-11-10-15-12-19(27-2)7-4-16(15)13-25/h4-9,12,14H,3,10-11,13H2,1-2H3,(H,23,24). The van der Waals surface area contributed by atoms with Crippen molar-refractivity contribution >= 4 is 28.1 Å². The molecule has 4 rings (SSSR count). The van der Waals surface area contributed by atoms with Crippen LogP contribution in [0.3, 0.4) is 0 Å². The maximum absolute atomic E-state index is 12.9. The zero-order chi connectivity index (χ0) is 20.2. The van der Waals surface area contributed by atoms with Crippen molar-refractivity contribution in [3.05, 3.63) is 64.7 Å². The fourth-order valence-corrected chi connectivity index (χ4v) is 4.05. The van der Waals surface area contributed by atoms with E-state index in [-0.39, 0.29) is 5.91 Å². The van der Waals surface area contributed by atoms with Crippen LogP contribution in [0.1, 0.15) is 28.5 Å². The minimum absolute atomic E-state index is 0.0394. The molecule has 1 N–H and O–H groups in total. The minimum Gasteiger partial charge on any atom is -0.497 e. The second-order valence-corrected chi connectivity index (χ2v) is 7.59. The van der Waals surface area contributed by atoms with Crippen molar-refractivity contribution in [3.8, 4) is 11.5 Å². The van der Waals surface area contributed by atoms with Gasteiger partial charge in [-0.1, -0.05) is 6.07 Å². The molecule has 0 atom stereocenters. The summed E-state index contributed by atoms with van der Waals surface area (Å²) in [4.78, 5) is 19.3. The van der Waals surface area contributed by atoms with Crippen molar-refractivity contribution in [2.75, 3.05) is 25.6 Å². The Kier molecular flexibility index (Phi) is 5.67. The van der Waals surface area contributed by atoms with E-state index in [2.05, 4.69) is 16.4 Å². The monoisotopic (exact) mass is 409 g/mol. The van der Waals surface area contributed by atoms with Crippen LogP contribution < -0.4 is 14.8 Å². The molecule has 1 amide bonds. The van der Waals surface area contributed by atoms with Gasteiger partial charge in [-0.15, -0.1) is 11.3 Å². The number of thiazole rings is 1. The SMILES string of the molecule is CCOc1ccc(Nc2nc(C(=O)N3CCc4cc(OC)ccc4C3)cs2)cc1. The van der Waals surface area contributed by atoms with Gasteiger partial charge in [0.1, 0.15) is 17.2 Å². The van der Waals surface area contributed by atoms with Crippen LogP contribution in [0.4, 0.5) is 10.8 Å². The van der Waals surface area contributed by atoms with Gasteiger partial charge in [0.05, 0.1) is 13.7 Å². The Morgan fingerprint density at radius 1 is 1.17 bits per heavy atom. The summed E-state index contributed by atoms with van der Waals surface area (Å²) in [5.41, 5.74) is 3.78. The van der Waals surface area contributed by atoms with Crippen LogP contribution in [-0.4, -0.2) is 36.1 Å². The second-order valence-electron chi connectivity index (χ2n) is 6.73. The molecule has 0 saturated carbocycles. The Morgan fingerprint density at radius 2 is 1.97 bits per heavy atom. The Bertz CT molecular complexity index is 1000. The highest BCUT2D eigenvalue weighted by Crippen LogP contribution is 2.27. The van der Waals surface area contributed by atoms with Crippen molar-refractivity contribution in [1.29, 1.82) is 0 Å². The molecule has 1 aromatic heterocycles. The number of methoxy groups -OCH3 is 1. The van der Waals surface area contributed by atoms with Crippen LogP contribution in [0.2, 0.25) is 0 Å². The number of nitrogens with zero attached hydrogens (tertiary/aromatic N) is 2. The summed E-state index contributed by atoms with van der Waals surface area (Å²) in [5.74, 6) is 1.64. The van der Waals surface area contributed by atoms with Crippen molar-refractivity contribution in [3.63, 3.8) is 0 Å². The maximum atomic E-state index is 12.9. The van der Waals surface area contributed by atoms with Crippen LogP contribution in [-0.2, 0) is 13.0 Å². The van der Waals surface area contributed by atoms with Gasteiger partial charge < -0.3 is 19.7 Å². The highest BCUT2D eigenvalue weighted by molar-refractivity contribution is 7.14. The fraction of sp³-hybridized carbons (Fsp3) is 0.273. The number of nitrogens with one attached hydrogen (secondary N) is 1. The molecule has 3 aromatic rings. The quantitative estimate of drug-likeness (QED) is 0.650. The molecule has 0 unspecified atom stereocenters. The van der Waals surface area contributed by atoms with Gasteiger partial charge in [0, 0.05) is 24.2 Å². The van der Waals surface area contributed by atoms with E-state index in [0.29, 0.717) is 30.5 Å². The zero-order valence-electron chi connectivity index (χ0n) is 16.5. The van der Waals surface area contributed by atoms with Gasteiger partial charge in [0.25, 0.3) is 5.91 Å². The molecule has 0 radical (unpaired) electrons. The van der Waals surface area contributed by atoms with E-state index < -0.39 is 0 Å². The number of fused-ring (bicyclic) bond motifs is 1. The summed E-state index contributed by atoms with van der Waals surface area (Å²) in [6.45, 7) is 3.87. The van der Waals surface area contributed by atoms with Crippen molar-refractivity contribution < 1.29 is 14.3 Å². The van der Waals surface area contributed by atoms with Crippen LogP contribution in [0.5, 0.6) is 11.5 Å². The molecule has 0 aliphatic carbocycles. The Morgan fingerprint density at radius 3 is 2.72 bits per heavy atom. The molecule has 0 saturated heterocycles. The summed E-state index contributed by atoms with van der Waals surface area (Å²) in [6, 6.07) is 13.7. The van der Waals surface area contributed by atoms with E-state index in [1.54, 1.807) is 7.11 Å². The molecule has 29 heavy (non-hydrogen) atoms. The fourth-order valence-electron chi connectivity index (χ4n) is 3.35. The molecule has 7 heteroatoms. The first-order chi connectivity index (χ1) is 14.2. The number of hydrogen-bond acceptors (Lipinski definition) is 6. The summed E-state index contributed by atoms with van der Waals surface area (Å²) in [5, 5.41) is 5.75. The number of rotatable bonds is 6. The molecule has 1 aliphatic heterocycles. The van der Waals surface area contributed by atoms with Gasteiger partial charge in [-0.05, 0) is 60.9 Å². The van der Waals surface area contributed by atoms with Gasteiger partial charge in [-0.25, -0.2) is 4.98 Å². The molecule has 1 aliphatic rings. The summed E-state index contributed by atoms with van der Waals surface area (Å²) < 4.78 is 10.7. The molecular formula is C22H23N3O3S. The van der Waals surface area contributed by atoms with Crippen molar-refractivity contribution in [2.24, 2.45) is 0 Å². The van der Waals surface area contributed by atoms with Gasteiger partial charge in [0.2, 0.25) is 0 Å². The van der Waals surface area contributed by atoms with E-state index in [0.717, 1.165) is 29.2 Å². The summed E-state index contributed by atoms with van der Waals surface area (Å²) >= 11 is 1.42. The normalized spacial score (nSPS) is 13.0. The number of amides is 1. The Hall–Kier alpha value is -3.06. The molecular weight excluding hydrogens is 386 g/mol. The summed E-state index contributed by atoms with van der Waals surface area (Å²) in [6.07, 6.45) is 0.819. The van der Waals surface area contributed by atoms with Crippen LogP contribution in [0.25, 0.3) is 0 Å². The molecule has 6 nitrogen and oxygen atoms in total. The number of hydrogen-bond donors (Lipinski definition) is 1. The average Bonchev–Trinajstić information content (AvgIpc) is 3.22. The Balaban J connectivity index is 1.41. The lowest BCUT2D eigenvalue weighted by Gasteiger charge is -2.28. The van der Waals surface area contributed by atoms with Crippen LogP contribution in [0, 0.1) is 0 Å². The predicted octanol–water partition coefficient (Wildman–Crippen LogP) is 4.49. The maximum Gasteiger partial charge on any atom is 0.273 e. The molecule has 0 spiro atoms. The number of carbonyl (C=O) groups is 1. The summed E-state index contributed by atoms with van der Waals surface area (Å²) in [7, 11) is 1.67. The first-order valence-electron chi connectivity index (χ1n) is 9.56. The van der Waals surface area contributed by atoms with Gasteiger partial charge in [0.15, 0.2) is 5.13 Å². The highest BCUT2D eigenvalue weighted by atomic mass is 32.1. The second kappa shape index (κ2) is 8.53. The lowest BCUT2D eigenvalue weighted by molar-refractivity contribution is 0.0729. The third kappa shape index (κ3) is 4.35. The predicted molar refractivity (Wildman–Crippen MR) is 114 cm³/mol. The van der Waals surface area contributed by atoms with Gasteiger partial charge in [-0.3, -0.25) is 4.79 Å². The molecule has 2 heterocycles. The lowest BCUT2D eigenvalue weighted by Crippen LogP contribution is -2.36. The van der Waals surface area contributed by atoms with Gasteiger partial charge in [-0.2, -0.15) is 0 Å². The van der Waals surface area contributed by atoms with Crippen molar-refractivity contribution in [1.82, 2.24) is 9.88 Å². The first kappa shape index (κ1) is 19.3. The number of benzene rings is 2. The van der Waals surface area contributed by atoms with Crippen LogP contribution in [0.15, 0.2) is 47.8 Å². The topological polar surface area (TPSA) is 63.7 Å². The van der Waals surface area contributed by atoms with E-state index in [9.17, 15) is 4.79 Å². The smallest absolute Gasteiger partial charge is 0.273 e. The Labute approximate surface area is 174 Å². The molecule has 2 aromatic carbocycles. The lowest BCUT2D eigenvalue weighted by atomic mass is 9.99. The third-order valence-corrected chi connectivity index (χ3v) is 5.61. The molecule has 0 bridgehead atoms. The largest absolute Gasteiger partial charge is 0.497 e. The highest BCUT2D eigenvalue weighted by Gasteiger charge is 2.24. The number of aromatic nitrogens is 1.